The van der Waals surface area contributed by atoms with Crippen LogP contribution in [0, 0.1) is 0 Å². The smallest absolute Gasteiger partial charge is 0.413 e. The highest BCUT2D eigenvalue weighted by atomic mass is 16.5. The lowest BCUT2D eigenvalue weighted by Crippen LogP contribution is -2.31. The van der Waals surface area contributed by atoms with Crippen LogP contribution in [0.3, 0.4) is 0 Å². The monoisotopic (exact) mass is 427 g/mol. The summed E-state index contributed by atoms with van der Waals surface area (Å²) in [6, 6.07) is 13.5. The van der Waals surface area contributed by atoms with Crippen LogP contribution in [0.15, 0.2) is 48.5 Å². The minimum Gasteiger partial charge on any atom is -0.452 e. The SMILES string of the molecule is COC(=O)N(C)c1ccc(NC(=O)NCc2cccc(C(=O)NCCN(C)C)c2)cc1. The molecule has 31 heavy (non-hydrogen) atoms. The number of nitrogens with zero attached hydrogens (tertiary/aromatic N) is 2. The summed E-state index contributed by atoms with van der Waals surface area (Å²) in [5.41, 5.74) is 2.57. The fourth-order valence-electron chi connectivity index (χ4n) is 2.69. The van der Waals surface area contributed by atoms with Crippen LogP contribution in [0.4, 0.5) is 21.0 Å². The van der Waals surface area contributed by atoms with Gasteiger partial charge in [0.25, 0.3) is 5.91 Å². The van der Waals surface area contributed by atoms with Gasteiger partial charge in [0.1, 0.15) is 0 Å². The minimum atomic E-state index is -0.480. The summed E-state index contributed by atoms with van der Waals surface area (Å²) >= 11 is 0. The van der Waals surface area contributed by atoms with Crippen LogP contribution in [-0.4, -0.2) is 64.3 Å². The van der Waals surface area contributed by atoms with E-state index < -0.39 is 6.09 Å². The van der Waals surface area contributed by atoms with E-state index in [2.05, 4.69) is 20.7 Å². The van der Waals surface area contributed by atoms with Gasteiger partial charge in [0.2, 0.25) is 0 Å². The van der Waals surface area contributed by atoms with Crippen molar-refractivity contribution in [3.63, 3.8) is 0 Å². The second-order valence-electron chi connectivity index (χ2n) is 7.14. The second-order valence-corrected chi connectivity index (χ2v) is 7.14. The van der Waals surface area contributed by atoms with Crippen molar-refractivity contribution >= 4 is 29.4 Å². The summed E-state index contributed by atoms with van der Waals surface area (Å²) in [6.07, 6.45) is -0.480. The van der Waals surface area contributed by atoms with E-state index in [1.165, 1.54) is 12.0 Å². The zero-order valence-corrected chi connectivity index (χ0v) is 18.3. The number of benzene rings is 2. The predicted octanol–water partition coefficient (Wildman–Crippen LogP) is 2.50. The number of anilines is 2. The second kappa shape index (κ2) is 11.6. The lowest BCUT2D eigenvalue weighted by molar-refractivity contribution is 0.0951. The number of likely N-dealkylation sites (N-methyl/N-ethyl adjacent to an activating group) is 1. The molecule has 9 heteroatoms. The highest BCUT2D eigenvalue weighted by molar-refractivity contribution is 5.94. The quantitative estimate of drug-likeness (QED) is 0.601. The molecule has 0 unspecified atom stereocenters. The summed E-state index contributed by atoms with van der Waals surface area (Å²) in [5, 5.41) is 8.36. The highest BCUT2D eigenvalue weighted by Crippen LogP contribution is 2.17. The van der Waals surface area contributed by atoms with Gasteiger partial charge in [0.15, 0.2) is 0 Å². The number of carbonyl (C=O) groups is 3. The maximum atomic E-state index is 12.2. The van der Waals surface area contributed by atoms with Crippen molar-refractivity contribution < 1.29 is 19.1 Å². The Morgan fingerprint density at radius 2 is 1.68 bits per heavy atom. The molecule has 0 saturated carbocycles. The van der Waals surface area contributed by atoms with Gasteiger partial charge in [-0.3, -0.25) is 9.69 Å². The molecule has 0 fully saturated rings. The molecule has 0 radical (unpaired) electrons. The van der Waals surface area contributed by atoms with Crippen LogP contribution in [0.25, 0.3) is 0 Å². The lowest BCUT2D eigenvalue weighted by Gasteiger charge is -2.16. The van der Waals surface area contributed by atoms with E-state index in [0.717, 1.165) is 12.1 Å². The van der Waals surface area contributed by atoms with Crippen molar-refractivity contribution in [2.45, 2.75) is 6.54 Å². The first-order valence-corrected chi connectivity index (χ1v) is 9.78. The molecule has 2 aromatic rings. The average molecular weight is 428 g/mol. The molecule has 0 aliphatic rings. The number of hydrogen-bond acceptors (Lipinski definition) is 5. The first-order valence-electron chi connectivity index (χ1n) is 9.78. The molecule has 0 saturated heterocycles. The normalized spacial score (nSPS) is 10.4. The van der Waals surface area contributed by atoms with Crippen molar-refractivity contribution in [3.8, 4) is 0 Å². The van der Waals surface area contributed by atoms with Crippen LogP contribution < -0.4 is 20.9 Å². The first kappa shape index (κ1) is 23.7. The Hall–Kier alpha value is -3.59. The highest BCUT2D eigenvalue weighted by Gasteiger charge is 2.11. The van der Waals surface area contributed by atoms with Crippen LogP contribution in [0.5, 0.6) is 0 Å². The van der Waals surface area contributed by atoms with Gasteiger partial charge < -0.3 is 25.6 Å². The third-order valence-electron chi connectivity index (χ3n) is 4.45. The molecule has 0 bridgehead atoms. The van der Waals surface area contributed by atoms with E-state index in [9.17, 15) is 14.4 Å². The predicted molar refractivity (Wildman–Crippen MR) is 120 cm³/mol. The van der Waals surface area contributed by atoms with Crippen molar-refractivity contribution in [3.05, 3.63) is 59.7 Å². The van der Waals surface area contributed by atoms with Crippen molar-refractivity contribution in [1.29, 1.82) is 0 Å². The summed E-state index contributed by atoms with van der Waals surface area (Å²) < 4.78 is 4.67. The number of nitrogens with one attached hydrogen (secondary N) is 3. The molecule has 0 aliphatic carbocycles. The van der Waals surface area contributed by atoms with E-state index in [4.69, 9.17) is 0 Å². The Kier molecular flexibility index (Phi) is 8.83. The van der Waals surface area contributed by atoms with Crippen molar-refractivity contribution in [2.24, 2.45) is 0 Å². The van der Waals surface area contributed by atoms with E-state index in [0.29, 0.717) is 23.5 Å². The van der Waals surface area contributed by atoms with E-state index in [1.54, 1.807) is 49.5 Å². The van der Waals surface area contributed by atoms with Crippen LogP contribution in [0.1, 0.15) is 15.9 Å². The van der Waals surface area contributed by atoms with Crippen molar-refractivity contribution in [1.82, 2.24) is 15.5 Å². The van der Waals surface area contributed by atoms with Gasteiger partial charge >= 0.3 is 12.1 Å². The molecule has 0 atom stereocenters. The van der Waals surface area contributed by atoms with Crippen molar-refractivity contribution in [2.75, 3.05) is 51.6 Å². The van der Waals surface area contributed by atoms with E-state index >= 15 is 0 Å². The van der Waals surface area contributed by atoms with Crippen LogP contribution in [0.2, 0.25) is 0 Å². The van der Waals surface area contributed by atoms with E-state index in [1.807, 2.05) is 25.1 Å². The molecule has 3 N–H and O–H groups in total. The lowest BCUT2D eigenvalue weighted by atomic mass is 10.1. The van der Waals surface area contributed by atoms with Crippen LogP contribution in [-0.2, 0) is 11.3 Å². The molecule has 0 heterocycles. The molecule has 2 rings (SSSR count). The number of hydrogen-bond donors (Lipinski definition) is 3. The summed E-state index contributed by atoms with van der Waals surface area (Å²) in [6.45, 7) is 1.59. The van der Waals surface area contributed by atoms with Gasteiger partial charge in [-0.1, -0.05) is 12.1 Å². The Morgan fingerprint density at radius 3 is 2.32 bits per heavy atom. The average Bonchev–Trinajstić information content (AvgIpc) is 2.77. The largest absolute Gasteiger partial charge is 0.452 e. The van der Waals surface area contributed by atoms with Gasteiger partial charge in [-0.15, -0.1) is 0 Å². The molecular formula is C22H29N5O4. The van der Waals surface area contributed by atoms with Gasteiger partial charge in [-0.25, -0.2) is 9.59 Å². The summed E-state index contributed by atoms with van der Waals surface area (Å²) in [7, 11) is 6.79. The fraction of sp³-hybridized carbons (Fsp3) is 0.318. The molecule has 0 aromatic heterocycles. The standard InChI is InChI=1S/C22H29N5O4/c1-26(2)13-12-23-20(28)17-7-5-6-16(14-17)15-24-21(29)25-18-8-10-19(11-9-18)27(3)22(30)31-4/h5-11,14H,12-13,15H2,1-4H3,(H,23,28)(H2,24,25,29). The molecule has 9 nitrogen and oxygen atoms in total. The Labute approximate surface area is 182 Å². The molecule has 2 aromatic carbocycles. The number of urea groups is 1. The molecule has 0 spiro atoms. The Bertz CT molecular complexity index is 899. The molecule has 166 valence electrons. The van der Waals surface area contributed by atoms with Gasteiger partial charge in [0, 0.05) is 43.6 Å². The first-order chi connectivity index (χ1) is 14.8. The van der Waals surface area contributed by atoms with Crippen LogP contribution >= 0.6 is 0 Å². The maximum Gasteiger partial charge on any atom is 0.413 e. The molecule has 4 amide bonds. The minimum absolute atomic E-state index is 0.148. The third-order valence-corrected chi connectivity index (χ3v) is 4.45. The number of rotatable bonds is 8. The number of ether oxygens (including phenoxy) is 1. The fourth-order valence-corrected chi connectivity index (χ4v) is 2.69. The summed E-state index contributed by atoms with van der Waals surface area (Å²) in [4.78, 5) is 39.3. The summed E-state index contributed by atoms with van der Waals surface area (Å²) in [5.74, 6) is -0.148. The van der Waals surface area contributed by atoms with Gasteiger partial charge in [0.05, 0.1) is 7.11 Å². The topological polar surface area (TPSA) is 103 Å². The zero-order chi connectivity index (χ0) is 22.8. The number of carbonyl (C=O) groups excluding carboxylic acids is 3. The third kappa shape index (κ3) is 7.63. The van der Waals surface area contributed by atoms with Gasteiger partial charge in [-0.05, 0) is 56.1 Å². The maximum absolute atomic E-state index is 12.2. The zero-order valence-electron chi connectivity index (χ0n) is 18.3. The molecule has 0 aliphatic heterocycles. The molecular weight excluding hydrogens is 398 g/mol. The van der Waals surface area contributed by atoms with E-state index in [-0.39, 0.29) is 18.5 Å². The van der Waals surface area contributed by atoms with Gasteiger partial charge in [-0.2, -0.15) is 0 Å². The number of amides is 4. The number of methoxy groups -OCH3 is 1. The Balaban J connectivity index is 1.86. The Morgan fingerprint density at radius 1 is 0.968 bits per heavy atom.